The first-order valence-electron chi connectivity index (χ1n) is 5.79. The van der Waals surface area contributed by atoms with E-state index < -0.39 is 10.0 Å². The molecule has 1 aromatic carbocycles. The Morgan fingerprint density at radius 1 is 1.25 bits per heavy atom. The summed E-state index contributed by atoms with van der Waals surface area (Å²) in [5, 5.41) is 9.05. The molecule has 1 aromatic heterocycles. The van der Waals surface area contributed by atoms with E-state index in [0.29, 0.717) is 21.3 Å². The van der Waals surface area contributed by atoms with Crippen LogP contribution in [-0.4, -0.2) is 18.5 Å². The molecule has 0 unspecified atom stereocenters. The second-order valence-electron chi connectivity index (χ2n) is 4.19. The molecule has 0 aliphatic rings. The highest BCUT2D eigenvalue weighted by Gasteiger charge is 2.13. The predicted molar refractivity (Wildman–Crippen MR) is 80.5 cm³/mol. The molecule has 2 N–H and O–H groups in total. The van der Waals surface area contributed by atoms with Gasteiger partial charge in [0.2, 0.25) is 10.0 Å². The van der Waals surface area contributed by atoms with Crippen LogP contribution in [0.15, 0.2) is 47.2 Å². The van der Waals surface area contributed by atoms with Gasteiger partial charge in [-0.25, -0.2) is 8.42 Å². The maximum atomic E-state index is 12.1. The van der Waals surface area contributed by atoms with Crippen molar-refractivity contribution in [2.75, 3.05) is 4.72 Å². The first kappa shape index (κ1) is 15.0. The van der Waals surface area contributed by atoms with Crippen LogP contribution in [-0.2, 0) is 22.4 Å². The van der Waals surface area contributed by atoms with E-state index in [0.717, 1.165) is 0 Å². The lowest BCUT2D eigenvalue weighted by Crippen LogP contribution is -2.15. The Morgan fingerprint density at radius 3 is 2.70 bits per heavy atom. The quantitative estimate of drug-likeness (QED) is 0.861. The van der Waals surface area contributed by atoms with Crippen LogP contribution in [0.1, 0.15) is 11.1 Å². The highest BCUT2D eigenvalue weighted by molar-refractivity contribution is 9.10. The third-order valence-electron chi connectivity index (χ3n) is 2.57. The van der Waals surface area contributed by atoms with Gasteiger partial charge in [-0.3, -0.25) is 9.71 Å². The van der Waals surface area contributed by atoms with Gasteiger partial charge in [-0.1, -0.05) is 24.3 Å². The molecule has 20 heavy (non-hydrogen) atoms. The molecule has 0 atom stereocenters. The summed E-state index contributed by atoms with van der Waals surface area (Å²) >= 11 is 3.23. The third-order valence-corrected chi connectivity index (χ3v) is 4.44. The van der Waals surface area contributed by atoms with E-state index in [-0.39, 0.29) is 12.4 Å². The van der Waals surface area contributed by atoms with Gasteiger partial charge in [0.05, 0.1) is 22.5 Å². The molecule has 0 bridgehead atoms. The van der Waals surface area contributed by atoms with Crippen molar-refractivity contribution in [2.24, 2.45) is 0 Å². The SMILES string of the molecule is O=S(=O)(Cc1cccc(CO)c1)Nc1ccncc1Br. The van der Waals surface area contributed by atoms with Gasteiger partial charge in [-0.2, -0.15) is 0 Å². The number of hydrogen-bond donors (Lipinski definition) is 2. The third kappa shape index (κ3) is 4.03. The molecule has 0 aliphatic carbocycles. The number of rotatable bonds is 5. The van der Waals surface area contributed by atoms with E-state index >= 15 is 0 Å². The minimum absolute atomic E-state index is 0.114. The van der Waals surface area contributed by atoms with Gasteiger partial charge in [0.15, 0.2) is 0 Å². The van der Waals surface area contributed by atoms with Crippen molar-refractivity contribution in [3.05, 3.63) is 58.3 Å². The van der Waals surface area contributed by atoms with Gasteiger partial charge in [-0.15, -0.1) is 0 Å². The summed E-state index contributed by atoms with van der Waals surface area (Å²) in [7, 11) is -3.52. The van der Waals surface area contributed by atoms with Crippen LogP contribution < -0.4 is 4.72 Å². The summed E-state index contributed by atoms with van der Waals surface area (Å²) in [6, 6.07) is 8.41. The molecule has 2 aromatic rings. The summed E-state index contributed by atoms with van der Waals surface area (Å²) in [4.78, 5) is 3.87. The highest BCUT2D eigenvalue weighted by atomic mass is 79.9. The molecule has 2 rings (SSSR count). The molecule has 0 amide bonds. The summed E-state index contributed by atoms with van der Waals surface area (Å²) < 4.78 is 27.3. The Hall–Kier alpha value is -1.44. The molecule has 5 nitrogen and oxygen atoms in total. The number of pyridine rings is 1. The molecule has 1 heterocycles. The standard InChI is InChI=1S/C13H13BrN2O3S/c14-12-7-15-5-4-13(12)16-20(18,19)9-11-3-1-2-10(6-11)8-17/h1-7,17H,8-9H2,(H,15,16). The largest absolute Gasteiger partial charge is 0.392 e. The van der Waals surface area contributed by atoms with Crippen LogP contribution in [0.5, 0.6) is 0 Å². The van der Waals surface area contributed by atoms with Crippen LogP contribution in [0.4, 0.5) is 5.69 Å². The van der Waals surface area contributed by atoms with Crippen LogP contribution in [0, 0.1) is 0 Å². The zero-order valence-electron chi connectivity index (χ0n) is 10.5. The van der Waals surface area contributed by atoms with E-state index in [1.165, 1.54) is 12.4 Å². The Labute approximate surface area is 125 Å². The Morgan fingerprint density at radius 2 is 2.00 bits per heavy atom. The predicted octanol–water partition coefficient (Wildman–Crippen LogP) is 2.28. The second kappa shape index (κ2) is 6.34. The van der Waals surface area contributed by atoms with E-state index in [4.69, 9.17) is 5.11 Å². The van der Waals surface area contributed by atoms with E-state index in [1.807, 2.05) is 0 Å². The first-order valence-corrected chi connectivity index (χ1v) is 8.23. The van der Waals surface area contributed by atoms with Crippen LogP contribution in [0.2, 0.25) is 0 Å². The van der Waals surface area contributed by atoms with Gasteiger partial charge >= 0.3 is 0 Å². The average molecular weight is 357 g/mol. The van der Waals surface area contributed by atoms with E-state index in [9.17, 15) is 8.42 Å². The number of benzene rings is 1. The summed E-state index contributed by atoms with van der Waals surface area (Å²) in [6.07, 6.45) is 3.03. The molecule has 0 fully saturated rings. The zero-order valence-corrected chi connectivity index (χ0v) is 12.9. The number of aliphatic hydroxyl groups is 1. The van der Waals surface area contributed by atoms with Gasteiger partial charge in [0, 0.05) is 12.4 Å². The first-order chi connectivity index (χ1) is 9.50. The number of aromatic nitrogens is 1. The highest BCUT2D eigenvalue weighted by Crippen LogP contribution is 2.22. The minimum atomic E-state index is -3.52. The number of nitrogens with one attached hydrogen (secondary N) is 1. The molecule has 0 radical (unpaired) electrons. The Balaban J connectivity index is 2.17. The Bertz CT molecular complexity index is 704. The second-order valence-corrected chi connectivity index (χ2v) is 6.77. The van der Waals surface area contributed by atoms with Crippen molar-refractivity contribution < 1.29 is 13.5 Å². The number of sulfonamides is 1. The van der Waals surface area contributed by atoms with Gasteiger partial charge < -0.3 is 5.11 Å². The number of nitrogens with zero attached hydrogens (tertiary/aromatic N) is 1. The zero-order chi connectivity index (χ0) is 14.6. The van der Waals surface area contributed by atoms with Crippen molar-refractivity contribution >= 4 is 31.6 Å². The summed E-state index contributed by atoms with van der Waals surface area (Å²) in [5.74, 6) is -0.157. The van der Waals surface area contributed by atoms with Crippen molar-refractivity contribution in [3.63, 3.8) is 0 Å². The maximum Gasteiger partial charge on any atom is 0.236 e. The fourth-order valence-corrected chi connectivity index (χ4v) is 3.38. The number of hydrogen-bond acceptors (Lipinski definition) is 4. The molecule has 0 saturated heterocycles. The monoisotopic (exact) mass is 356 g/mol. The summed E-state index contributed by atoms with van der Waals surface area (Å²) in [6.45, 7) is -0.114. The van der Waals surface area contributed by atoms with Crippen molar-refractivity contribution in [3.8, 4) is 0 Å². The molecular formula is C13H13BrN2O3S. The fraction of sp³-hybridized carbons (Fsp3) is 0.154. The molecule has 0 saturated carbocycles. The van der Waals surface area contributed by atoms with Crippen molar-refractivity contribution in [2.45, 2.75) is 12.4 Å². The molecule has 7 heteroatoms. The van der Waals surface area contributed by atoms with Gasteiger partial charge in [0.1, 0.15) is 0 Å². The molecular weight excluding hydrogens is 344 g/mol. The van der Waals surface area contributed by atoms with Gasteiger partial charge in [-0.05, 0) is 33.1 Å². The fourth-order valence-electron chi connectivity index (χ4n) is 1.70. The summed E-state index contributed by atoms with van der Waals surface area (Å²) in [5.41, 5.74) is 1.75. The number of halogens is 1. The lowest BCUT2D eigenvalue weighted by Gasteiger charge is -2.09. The number of aliphatic hydroxyl groups excluding tert-OH is 1. The lowest BCUT2D eigenvalue weighted by atomic mass is 10.1. The Kier molecular flexibility index (Phi) is 4.74. The average Bonchev–Trinajstić information content (AvgIpc) is 2.41. The maximum absolute atomic E-state index is 12.1. The van der Waals surface area contributed by atoms with E-state index in [1.54, 1.807) is 30.3 Å². The molecule has 0 spiro atoms. The minimum Gasteiger partial charge on any atom is -0.392 e. The molecule has 0 aliphatic heterocycles. The normalized spacial score (nSPS) is 11.3. The number of anilines is 1. The van der Waals surface area contributed by atoms with Crippen LogP contribution >= 0.6 is 15.9 Å². The molecule has 106 valence electrons. The van der Waals surface area contributed by atoms with E-state index in [2.05, 4.69) is 25.6 Å². The topological polar surface area (TPSA) is 79.3 Å². The van der Waals surface area contributed by atoms with Crippen molar-refractivity contribution in [1.29, 1.82) is 0 Å². The van der Waals surface area contributed by atoms with Gasteiger partial charge in [0.25, 0.3) is 0 Å². The lowest BCUT2D eigenvalue weighted by molar-refractivity contribution is 0.282. The smallest absolute Gasteiger partial charge is 0.236 e. The van der Waals surface area contributed by atoms with Crippen LogP contribution in [0.25, 0.3) is 0 Å². The van der Waals surface area contributed by atoms with Crippen LogP contribution in [0.3, 0.4) is 0 Å². The van der Waals surface area contributed by atoms with Crippen molar-refractivity contribution in [1.82, 2.24) is 4.98 Å².